The highest BCUT2D eigenvalue weighted by atomic mass is 16.6. The zero-order valence-electron chi connectivity index (χ0n) is 14.3. The van der Waals surface area contributed by atoms with Crippen molar-refractivity contribution in [3.63, 3.8) is 0 Å². The highest BCUT2D eigenvalue weighted by Crippen LogP contribution is 2.28. The van der Waals surface area contributed by atoms with Crippen molar-refractivity contribution >= 4 is 11.4 Å². The highest BCUT2D eigenvalue weighted by Gasteiger charge is 2.14. The van der Waals surface area contributed by atoms with E-state index in [9.17, 15) is 10.1 Å². The molecule has 0 unspecified atom stereocenters. The minimum absolute atomic E-state index is 0.102. The van der Waals surface area contributed by atoms with Crippen LogP contribution < -0.4 is 5.32 Å². The van der Waals surface area contributed by atoms with Crippen LogP contribution in [0.25, 0.3) is 0 Å². The fourth-order valence-corrected chi connectivity index (χ4v) is 2.83. The van der Waals surface area contributed by atoms with Gasteiger partial charge >= 0.3 is 0 Å². The van der Waals surface area contributed by atoms with Gasteiger partial charge in [0.2, 0.25) is 0 Å². The van der Waals surface area contributed by atoms with Gasteiger partial charge in [0.15, 0.2) is 0 Å². The lowest BCUT2D eigenvalue weighted by Crippen LogP contribution is -2.06. The van der Waals surface area contributed by atoms with Crippen molar-refractivity contribution in [1.82, 2.24) is 9.55 Å². The smallest absolute Gasteiger partial charge is 0.292 e. The van der Waals surface area contributed by atoms with Crippen LogP contribution in [0, 0.1) is 24.0 Å². The van der Waals surface area contributed by atoms with Crippen molar-refractivity contribution in [2.75, 3.05) is 5.32 Å². The van der Waals surface area contributed by atoms with Crippen LogP contribution in [-0.2, 0) is 13.1 Å². The number of rotatable bonds is 6. The molecule has 0 fully saturated rings. The molecule has 3 aromatic rings. The Bertz CT molecular complexity index is 902. The largest absolute Gasteiger partial charge is 0.375 e. The molecule has 0 atom stereocenters. The fourth-order valence-electron chi connectivity index (χ4n) is 2.83. The number of imidazole rings is 1. The first-order valence-corrected chi connectivity index (χ1v) is 8.08. The number of anilines is 1. The summed E-state index contributed by atoms with van der Waals surface area (Å²) in [6, 6.07) is 13.3. The van der Waals surface area contributed by atoms with E-state index in [4.69, 9.17) is 0 Å². The standard InChI is InChI=1S/C19H20N4O2/c1-14-5-3-8-18(23(24)25)19(14)21-12-16-6-4-7-17(11-16)13-22-10-9-20-15(22)2/h3-11,21H,12-13H2,1-2H3. The second kappa shape index (κ2) is 7.17. The van der Waals surface area contributed by atoms with Gasteiger partial charge < -0.3 is 9.88 Å². The number of nitro groups is 1. The number of benzene rings is 2. The van der Waals surface area contributed by atoms with E-state index in [0.717, 1.165) is 23.5 Å². The van der Waals surface area contributed by atoms with Crippen molar-refractivity contribution in [1.29, 1.82) is 0 Å². The average Bonchev–Trinajstić information content (AvgIpc) is 2.98. The maximum atomic E-state index is 11.2. The minimum Gasteiger partial charge on any atom is -0.375 e. The third-order valence-electron chi connectivity index (χ3n) is 4.18. The molecule has 0 amide bonds. The summed E-state index contributed by atoms with van der Waals surface area (Å²) in [5.41, 5.74) is 3.78. The fraction of sp³-hybridized carbons (Fsp3) is 0.211. The monoisotopic (exact) mass is 336 g/mol. The van der Waals surface area contributed by atoms with Gasteiger partial charge in [-0.3, -0.25) is 10.1 Å². The summed E-state index contributed by atoms with van der Waals surface area (Å²) in [6.07, 6.45) is 3.75. The second-order valence-electron chi connectivity index (χ2n) is 6.00. The number of hydrogen-bond donors (Lipinski definition) is 1. The van der Waals surface area contributed by atoms with E-state index in [1.165, 1.54) is 11.6 Å². The first-order valence-electron chi connectivity index (χ1n) is 8.08. The molecule has 6 nitrogen and oxygen atoms in total. The third-order valence-corrected chi connectivity index (χ3v) is 4.18. The van der Waals surface area contributed by atoms with E-state index in [1.807, 2.05) is 38.2 Å². The molecule has 3 rings (SSSR count). The van der Waals surface area contributed by atoms with Gasteiger partial charge in [-0.15, -0.1) is 0 Å². The number of nitrogens with zero attached hydrogens (tertiary/aromatic N) is 3. The lowest BCUT2D eigenvalue weighted by molar-refractivity contribution is -0.384. The molecule has 0 saturated heterocycles. The Morgan fingerprint density at radius 3 is 2.64 bits per heavy atom. The Morgan fingerprint density at radius 1 is 1.16 bits per heavy atom. The Labute approximate surface area is 146 Å². The van der Waals surface area contributed by atoms with E-state index in [2.05, 4.69) is 27.0 Å². The molecule has 0 bridgehead atoms. The lowest BCUT2D eigenvalue weighted by Gasteiger charge is -2.11. The summed E-state index contributed by atoms with van der Waals surface area (Å²) in [5.74, 6) is 0.971. The second-order valence-corrected chi connectivity index (χ2v) is 6.00. The topological polar surface area (TPSA) is 73.0 Å². The first kappa shape index (κ1) is 16.7. The summed E-state index contributed by atoms with van der Waals surface area (Å²) in [5, 5.41) is 14.4. The van der Waals surface area contributed by atoms with Crippen LogP contribution in [-0.4, -0.2) is 14.5 Å². The molecule has 1 aromatic heterocycles. The average molecular weight is 336 g/mol. The summed E-state index contributed by atoms with van der Waals surface area (Å²) < 4.78 is 2.08. The van der Waals surface area contributed by atoms with E-state index in [-0.39, 0.29) is 10.6 Å². The number of nitrogens with one attached hydrogen (secondary N) is 1. The number of aromatic nitrogens is 2. The molecule has 0 radical (unpaired) electrons. The van der Waals surface area contributed by atoms with Crippen molar-refractivity contribution in [3.8, 4) is 0 Å². The Morgan fingerprint density at radius 2 is 1.92 bits per heavy atom. The number of hydrogen-bond acceptors (Lipinski definition) is 4. The van der Waals surface area contributed by atoms with Crippen molar-refractivity contribution in [3.05, 3.63) is 87.5 Å². The van der Waals surface area contributed by atoms with Crippen LogP contribution in [0.15, 0.2) is 54.9 Å². The van der Waals surface area contributed by atoms with Crippen molar-refractivity contribution in [2.45, 2.75) is 26.9 Å². The van der Waals surface area contributed by atoms with Gasteiger partial charge in [-0.1, -0.05) is 36.4 Å². The van der Waals surface area contributed by atoms with E-state index < -0.39 is 0 Å². The van der Waals surface area contributed by atoms with Crippen LogP contribution >= 0.6 is 0 Å². The zero-order valence-corrected chi connectivity index (χ0v) is 14.3. The normalized spacial score (nSPS) is 10.6. The van der Waals surface area contributed by atoms with Crippen molar-refractivity contribution in [2.24, 2.45) is 0 Å². The van der Waals surface area contributed by atoms with Crippen LogP contribution in [0.1, 0.15) is 22.5 Å². The summed E-state index contributed by atoms with van der Waals surface area (Å²) in [7, 11) is 0. The molecule has 1 N–H and O–H groups in total. The summed E-state index contributed by atoms with van der Waals surface area (Å²) in [4.78, 5) is 15.1. The lowest BCUT2D eigenvalue weighted by atomic mass is 10.1. The maximum Gasteiger partial charge on any atom is 0.292 e. The Balaban J connectivity index is 1.76. The van der Waals surface area contributed by atoms with Crippen LogP contribution in [0.5, 0.6) is 0 Å². The molecule has 1 heterocycles. The molecule has 0 aliphatic rings. The van der Waals surface area contributed by atoms with Crippen LogP contribution in [0.2, 0.25) is 0 Å². The van der Waals surface area contributed by atoms with Gasteiger partial charge in [-0.2, -0.15) is 0 Å². The van der Waals surface area contributed by atoms with Gasteiger partial charge in [0.05, 0.1) is 4.92 Å². The Hall–Kier alpha value is -3.15. The van der Waals surface area contributed by atoms with E-state index in [0.29, 0.717) is 12.2 Å². The minimum atomic E-state index is -0.354. The highest BCUT2D eigenvalue weighted by molar-refractivity contribution is 5.66. The summed E-state index contributed by atoms with van der Waals surface area (Å²) >= 11 is 0. The molecular weight excluding hydrogens is 316 g/mol. The predicted octanol–water partition coefficient (Wildman–Crippen LogP) is 4.07. The molecule has 6 heteroatoms. The zero-order chi connectivity index (χ0) is 17.8. The van der Waals surface area contributed by atoms with Gasteiger partial charge in [0, 0.05) is 31.5 Å². The van der Waals surface area contributed by atoms with Gasteiger partial charge in [-0.25, -0.2) is 4.98 Å². The molecular formula is C19H20N4O2. The van der Waals surface area contributed by atoms with Gasteiger partial charge in [-0.05, 0) is 30.5 Å². The first-order chi connectivity index (χ1) is 12.0. The quantitative estimate of drug-likeness (QED) is 0.544. The summed E-state index contributed by atoms with van der Waals surface area (Å²) in [6.45, 7) is 5.13. The molecule has 0 aliphatic heterocycles. The number of nitro benzene ring substituents is 1. The van der Waals surface area contributed by atoms with Crippen LogP contribution in [0.4, 0.5) is 11.4 Å². The Kier molecular flexibility index (Phi) is 4.79. The number of para-hydroxylation sites is 1. The third kappa shape index (κ3) is 3.85. The number of aryl methyl sites for hydroxylation is 2. The van der Waals surface area contributed by atoms with E-state index in [1.54, 1.807) is 12.3 Å². The molecule has 0 spiro atoms. The van der Waals surface area contributed by atoms with Crippen molar-refractivity contribution < 1.29 is 4.92 Å². The maximum absolute atomic E-state index is 11.2. The van der Waals surface area contributed by atoms with Crippen LogP contribution in [0.3, 0.4) is 0 Å². The molecule has 2 aromatic carbocycles. The molecule has 0 aliphatic carbocycles. The molecule has 128 valence electrons. The van der Waals surface area contributed by atoms with Gasteiger partial charge in [0.1, 0.15) is 11.5 Å². The molecule has 0 saturated carbocycles. The predicted molar refractivity (Wildman–Crippen MR) is 97.7 cm³/mol. The molecule has 25 heavy (non-hydrogen) atoms. The van der Waals surface area contributed by atoms with E-state index >= 15 is 0 Å². The SMILES string of the molecule is Cc1cccc([N+](=O)[O-])c1NCc1cccc(Cn2ccnc2C)c1. The van der Waals surface area contributed by atoms with Gasteiger partial charge in [0.25, 0.3) is 5.69 Å².